The molecular formula is C28H27N3O2. The summed E-state index contributed by atoms with van der Waals surface area (Å²) in [6.07, 6.45) is 0.715. The Hall–Kier alpha value is -3.70. The number of carbonyl (C=O) groups excluding carboxylic acids is 1. The van der Waals surface area contributed by atoms with Crippen LogP contribution in [0.25, 0.3) is 10.9 Å². The third kappa shape index (κ3) is 3.85. The number of anilines is 1. The van der Waals surface area contributed by atoms with E-state index in [0.717, 1.165) is 42.8 Å². The molecule has 2 heterocycles. The van der Waals surface area contributed by atoms with Crippen molar-refractivity contribution in [2.24, 2.45) is 7.05 Å². The molecule has 0 atom stereocenters. The molecule has 4 aromatic rings. The molecule has 5 nitrogen and oxygen atoms in total. The first-order chi connectivity index (χ1) is 16.2. The number of para-hydroxylation sites is 1. The molecule has 0 N–H and O–H groups in total. The van der Waals surface area contributed by atoms with Gasteiger partial charge in [0.25, 0.3) is 5.56 Å². The lowest BCUT2D eigenvalue weighted by molar-refractivity contribution is 0.112. The van der Waals surface area contributed by atoms with E-state index in [1.165, 1.54) is 11.1 Å². The third-order valence-electron chi connectivity index (χ3n) is 6.65. The van der Waals surface area contributed by atoms with Gasteiger partial charge in [-0.15, -0.1) is 0 Å². The second-order valence-corrected chi connectivity index (χ2v) is 8.51. The highest BCUT2D eigenvalue weighted by Gasteiger charge is 2.28. The number of aromatic nitrogens is 1. The number of piperazine rings is 1. The Balaban J connectivity index is 1.49. The molecule has 1 saturated heterocycles. The Labute approximate surface area is 193 Å². The highest BCUT2D eigenvalue weighted by molar-refractivity contribution is 6.00. The molecule has 0 spiro atoms. The number of fused-ring (bicyclic) bond motifs is 1. The van der Waals surface area contributed by atoms with Gasteiger partial charge in [-0.2, -0.15) is 0 Å². The van der Waals surface area contributed by atoms with Crippen molar-refractivity contribution in [2.45, 2.75) is 6.04 Å². The van der Waals surface area contributed by atoms with Gasteiger partial charge in [-0.05, 0) is 17.2 Å². The summed E-state index contributed by atoms with van der Waals surface area (Å²) < 4.78 is 1.57. The summed E-state index contributed by atoms with van der Waals surface area (Å²) >= 11 is 0. The Bertz CT molecular complexity index is 1280. The fraction of sp³-hybridized carbons (Fsp3) is 0.214. The van der Waals surface area contributed by atoms with Gasteiger partial charge in [0, 0.05) is 38.6 Å². The fourth-order valence-electron chi connectivity index (χ4n) is 5.04. The van der Waals surface area contributed by atoms with Crippen molar-refractivity contribution in [1.29, 1.82) is 0 Å². The summed E-state index contributed by atoms with van der Waals surface area (Å²) in [5, 5.41) is 0.942. The Morgan fingerprint density at radius 2 is 1.30 bits per heavy atom. The van der Waals surface area contributed by atoms with E-state index in [-0.39, 0.29) is 17.2 Å². The maximum absolute atomic E-state index is 12.9. The molecule has 0 bridgehead atoms. The number of nitrogens with zero attached hydrogens (tertiary/aromatic N) is 3. The molecular weight excluding hydrogens is 410 g/mol. The second kappa shape index (κ2) is 9.04. The van der Waals surface area contributed by atoms with Crippen LogP contribution < -0.4 is 10.5 Å². The van der Waals surface area contributed by atoms with Crippen LogP contribution >= 0.6 is 0 Å². The number of aryl methyl sites for hydroxylation is 1. The predicted octanol–water partition coefficient (Wildman–Crippen LogP) is 4.26. The standard InChI is InChI=1S/C28H27N3O2/c1-29-25-15-9-8-14-23(25)27(24(20-32)28(29)33)31-18-16-30(17-19-31)26(21-10-4-2-5-11-21)22-12-6-3-7-13-22/h2-15,20,26H,16-19H2,1H3. The van der Waals surface area contributed by atoms with Crippen molar-refractivity contribution in [2.75, 3.05) is 31.1 Å². The van der Waals surface area contributed by atoms with Gasteiger partial charge in [-0.3, -0.25) is 14.5 Å². The van der Waals surface area contributed by atoms with E-state index >= 15 is 0 Å². The summed E-state index contributed by atoms with van der Waals surface area (Å²) in [6.45, 7) is 3.15. The SMILES string of the molecule is Cn1c(=O)c(C=O)c(N2CCN(C(c3ccccc3)c3ccccc3)CC2)c2ccccc21. The minimum atomic E-state index is -0.243. The number of carbonyl (C=O) groups is 1. The van der Waals surface area contributed by atoms with Crippen LogP contribution in [0.5, 0.6) is 0 Å². The van der Waals surface area contributed by atoms with Crippen LogP contribution in [0.4, 0.5) is 5.69 Å². The van der Waals surface area contributed by atoms with E-state index in [1.807, 2.05) is 36.4 Å². The van der Waals surface area contributed by atoms with Crippen molar-refractivity contribution in [3.8, 4) is 0 Å². The molecule has 0 radical (unpaired) electrons. The van der Waals surface area contributed by atoms with E-state index in [9.17, 15) is 9.59 Å². The van der Waals surface area contributed by atoms with Crippen molar-refractivity contribution in [3.63, 3.8) is 0 Å². The molecule has 1 aliphatic rings. The molecule has 3 aromatic carbocycles. The van der Waals surface area contributed by atoms with Gasteiger partial charge in [-0.1, -0.05) is 78.9 Å². The lowest BCUT2D eigenvalue weighted by atomic mass is 9.96. The van der Waals surface area contributed by atoms with Crippen LogP contribution in [-0.2, 0) is 7.05 Å². The maximum Gasteiger partial charge on any atom is 0.263 e. The van der Waals surface area contributed by atoms with Crippen LogP contribution in [0, 0.1) is 0 Å². The normalized spacial score (nSPS) is 14.7. The zero-order chi connectivity index (χ0) is 22.8. The smallest absolute Gasteiger partial charge is 0.263 e. The molecule has 0 aliphatic carbocycles. The number of hydrogen-bond acceptors (Lipinski definition) is 4. The first-order valence-corrected chi connectivity index (χ1v) is 11.3. The van der Waals surface area contributed by atoms with E-state index in [0.29, 0.717) is 6.29 Å². The molecule has 1 aliphatic heterocycles. The van der Waals surface area contributed by atoms with Crippen LogP contribution in [0.1, 0.15) is 27.5 Å². The summed E-state index contributed by atoms with van der Waals surface area (Å²) in [4.78, 5) is 29.6. The van der Waals surface area contributed by atoms with Gasteiger partial charge in [0.05, 0.1) is 17.2 Å². The molecule has 5 rings (SSSR count). The van der Waals surface area contributed by atoms with Gasteiger partial charge in [0.2, 0.25) is 0 Å². The highest BCUT2D eigenvalue weighted by atomic mass is 16.1. The van der Waals surface area contributed by atoms with Gasteiger partial charge >= 0.3 is 0 Å². The predicted molar refractivity (Wildman–Crippen MR) is 133 cm³/mol. The number of pyridine rings is 1. The van der Waals surface area contributed by atoms with Gasteiger partial charge in [0.1, 0.15) is 5.56 Å². The molecule has 33 heavy (non-hydrogen) atoms. The first-order valence-electron chi connectivity index (χ1n) is 11.3. The summed E-state index contributed by atoms with van der Waals surface area (Å²) in [7, 11) is 1.73. The monoisotopic (exact) mass is 437 g/mol. The largest absolute Gasteiger partial charge is 0.368 e. The van der Waals surface area contributed by atoms with Crippen LogP contribution in [0.3, 0.4) is 0 Å². The fourth-order valence-corrected chi connectivity index (χ4v) is 5.04. The quantitative estimate of drug-likeness (QED) is 0.438. The lowest BCUT2D eigenvalue weighted by Gasteiger charge is -2.41. The molecule has 166 valence electrons. The van der Waals surface area contributed by atoms with Crippen LogP contribution in [0.2, 0.25) is 0 Å². The molecule has 5 heteroatoms. The van der Waals surface area contributed by atoms with E-state index in [4.69, 9.17) is 0 Å². The van der Waals surface area contributed by atoms with Crippen LogP contribution in [-0.4, -0.2) is 41.9 Å². The maximum atomic E-state index is 12.9. The van der Waals surface area contributed by atoms with Gasteiger partial charge < -0.3 is 9.47 Å². The molecule has 0 saturated carbocycles. The second-order valence-electron chi connectivity index (χ2n) is 8.51. The Kier molecular flexibility index (Phi) is 5.80. The average Bonchev–Trinajstić information content (AvgIpc) is 2.88. The van der Waals surface area contributed by atoms with Crippen molar-refractivity contribution in [1.82, 2.24) is 9.47 Å². The number of benzene rings is 3. The van der Waals surface area contributed by atoms with Crippen LogP contribution in [0.15, 0.2) is 89.7 Å². The topological polar surface area (TPSA) is 45.6 Å². The van der Waals surface area contributed by atoms with E-state index in [1.54, 1.807) is 11.6 Å². The molecule has 0 unspecified atom stereocenters. The summed E-state index contributed by atoms with van der Waals surface area (Å²) in [5.41, 5.74) is 4.14. The molecule has 0 amide bonds. The zero-order valence-electron chi connectivity index (χ0n) is 18.7. The van der Waals surface area contributed by atoms with E-state index < -0.39 is 0 Å². The minimum absolute atomic E-state index is 0.167. The minimum Gasteiger partial charge on any atom is -0.368 e. The van der Waals surface area contributed by atoms with E-state index in [2.05, 4.69) is 58.3 Å². The van der Waals surface area contributed by atoms with Gasteiger partial charge in [-0.25, -0.2) is 0 Å². The zero-order valence-corrected chi connectivity index (χ0v) is 18.7. The third-order valence-corrected chi connectivity index (χ3v) is 6.65. The number of aldehydes is 1. The first kappa shape index (κ1) is 21.2. The van der Waals surface area contributed by atoms with Gasteiger partial charge in [0.15, 0.2) is 6.29 Å². The lowest BCUT2D eigenvalue weighted by Crippen LogP contribution is -2.48. The number of hydrogen-bond donors (Lipinski definition) is 0. The summed E-state index contributed by atoms with van der Waals surface area (Å²) in [5.74, 6) is 0. The number of rotatable bonds is 5. The Morgan fingerprint density at radius 1 is 0.758 bits per heavy atom. The molecule has 1 aromatic heterocycles. The van der Waals surface area contributed by atoms with Crippen molar-refractivity contribution >= 4 is 22.9 Å². The average molecular weight is 438 g/mol. The summed E-state index contributed by atoms with van der Waals surface area (Å²) in [6, 6.07) is 29.2. The van der Waals surface area contributed by atoms with Crippen molar-refractivity contribution in [3.05, 3.63) is 112 Å². The highest BCUT2D eigenvalue weighted by Crippen LogP contribution is 2.33. The van der Waals surface area contributed by atoms with Crippen molar-refractivity contribution < 1.29 is 4.79 Å². The Morgan fingerprint density at radius 3 is 1.88 bits per heavy atom. The molecule has 1 fully saturated rings.